The molecule has 0 aliphatic carbocycles. The van der Waals surface area contributed by atoms with E-state index >= 15 is 0 Å². The van der Waals surface area contributed by atoms with Gasteiger partial charge in [0.1, 0.15) is 0 Å². The molecule has 0 saturated heterocycles. The molecule has 1 N–H and O–H groups in total. The zero-order chi connectivity index (χ0) is 14.2. The zero-order valence-corrected chi connectivity index (χ0v) is 11.9. The van der Waals surface area contributed by atoms with E-state index in [1.807, 2.05) is 23.1 Å². The van der Waals surface area contributed by atoms with Crippen LogP contribution >= 0.6 is 0 Å². The van der Waals surface area contributed by atoms with Crippen LogP contribution in [-0.4, -0.2) is 12.5 Å². The molecule has 0 spiro atoms. The molecule has 0 fully saturated rings. The first-order valence-electron chi connectivity index (χ1n) is 7.55. The highest BCUT2D eigenvalue weighted by molar-refractivity contribution is 6.06. The maximum absolute atomic E-state index is 12.9. The van der Waals surface area contributed by atoms with E-state index in [1.54, 1.807) is 0 Å². The highest BCUT2D eigenvalue weighted by Crippen LogP contribution is 2.28. The molecule has 106 valence electrons. The van der Waals surface area contributed by atoms with E-state index in [9.17, 15) is 4.79 Å². The monoisotopic (exact) mass is 278 g/mol. The van der Waals surface area contributed by atoms with Gasteiger partial charge >= 0.3 is 0 Å². The van der Waals surface area contributed by atoms with Gasteiger partial charge in [-0.15, -0.1) is 0 Å². The molecule has 2 aromatic rings. The minimum atomic E-state index is 0.122. The third kappa shape index (κ3) is 2.14. The van der Waals surface area contributed by atoms with Crippen molar-refractivity contribution in [2.24, 2.45) is 0 Å². The summed E-state index contributed by atoms with van der Waals surface area (Å²) >= 11 is 0. The van der Waals surface area contributed by atoms with Crippen LogP contribution in [0, 0.1) is 0 Å². The Bertz CT molecular complexity index is 708. The number of anilines is 1. The van der Waals surface area contributed by atoms with Gasteiger partial charge in [0.2, 0.25) is 0 Å². The van der Waals surface area contributed by atoms with Gasteiger partial charge in [-0.05, 0) is 47.7 Å². The Morgan fingerprint density at radius 2 is 1.86 bits per heavy atom. The fourth-order valence-electron chi connectivity index (χ4n) is 3.33. The Labute approximate surface area is 124 Å². The molecule has 2 aromatic carbocycles. The second-order valence-corrected chi connectivity index (χ2v) is 5.78. The predicted octanol–water partition coefficient (Wildman–Crippen LogP) is 2.88. The van der Waals surface area contributed by atoms with Gasteiger partial charge in [0, 0.05) is 30.9 Å². The van der Waals surface area contributed by atoms with Gasteiger partial charge < -0.3 is 10.2 Å². The molecule has 1 amide bonds. The zero-order valence-electron chi connectivity index (χ0n) is 11.9. The molecule has 0 aromatic heterocycles. The van der Waals surface area contributed by atoms with Crippen LogP contribution in [0.3, 0.4) is 0 Å². The smallest absolute Gasteiger partial charge is 0.258 e. The number of amides is 1. The van der Waals surface area contributed by atoms with Gasteiger partial charge in [-0.1, -0.05) is 24.3 Å². The standard InChI is InChI=1S/C18H18N2O/c21-18(14-7-8-15-11-19-12-16(15)10-14)20-9-3-5-13-4-1-2-6-17(13)20/h1-2,4,6-8,10,19H,3,5,9,11-12H2. The summed E-state index contributed by atoms with van der Waals surface area (Å²) in [5.74, 6) is 0.122. The topological polar surface area (TPSA) is 32.3 Å². The van der Waals surface area contributed by atoms with E-state index in [1.165, 1.54) is 16.7 Å². The normalized spacial score (nSPS) is 16.5. The van der Waals surface area contributed by atoms with Crippen molar-refractivity contribution >= 4 is 11.6 Å². The molecule has 0 atom stereocenters. The predicted molar refractivity (Wildman–Crippen MR) is 83.4 cm³/mol. The number of hydrogen-bond donors (Lipinski definition) is 1. The van der Waals surface area contributed by atoms with Gasteiger partial charge in [0.05, 0.1) is 0 Å². The number of hydrogen-bond acceptors (Lipinski definition) is 2. The number of fused-ring (bicyclic) bond motifs is 2. The fraction of sp³-hybridized carbons (Fsp3) is 0.278. The Kier molecular flexibility index (Phi) is 3.00. The highest BCUT2D eigenvalue weighted by atomic mass is 16.2. The van der Waals surface area contributed by atoms with Crippen LogP contribution in [0.15, 0.2) is 42.5 Å². The van der Waals surface area contributed by atoms with E-state index in [-0.39, 0.29) is 5.91 Å². The molecule has 3 heteroatoms. The summed E-state index contributed by atoms with van der Waals surface area (Å²) in [6.45, 7) is 2.59. The molecule has 2 aliphatic heterocycles. The first-order chi connectivity index (χ1) is 10.3. The van der Waals surface area contributed by atoms with Crippen molar-refractivity contribution in [3.8, 4) is 0 Å². The summed E-state index contributed by atoms with van der Waals surface area (Å²) in [5.41, 5.74) is 5.72. The lowest BCUT2D eigenvalue weighted by Gasteiger charge is -2.29. The minimum Gasteiger partial charge on any atom is -0.309 e. The molecule has 0 unspecified atom stereocenters. The summed E-state index contributed by atoms with van der Waals surface area (Å²) in [4.78, 5) is 14.8. The van der Waals surface area contributed by atoms with Crippen molar-refractivity contribution in [3.05, 3.63) is 64.7 Å². The van der Waals surface area contributed by atoms with Crippen LogP contribution in [0.1, 0.15) is 33.5 Å². The van der Waals surface area contributed by atoms with E-state index in [0.717, 1.165) is 43.7 Å². The van der Waals surface area contributed by atoms with Crippen LogP contribution in [0.5, 0.6) is 0 Å². The quantitative estimate of drug-likeness (QED) is 0.870. The van der Waals surface area contributed by atoms with Crippen LogP contribution in [0.4, 0.5) is 5.69 Å². The second-order valence-electron chi connectivity index (χ2n) is 5.78. The number of nitrogens with zero attached hydrogens (tertiary/aromatic N) is 1. The van der Waals surface area contributed by atoms with Crippen LogP contribution in [-0.2, 0) is 19.5 Å². The molecule has 21 heavy (non-hydrogen) atoms. The molecular formula is C18H18N2O. The summed E-state index contributed by atoms with van der Waals surface area (Å²) < 4.78 is 0. The largest absolute Gasteiger partial charge is 0.309 e. The van der Waals surface area contributed by atoms with E-state index < -0.39 is 0 Å². The number of benzene rings is 2. The van der Waals surface area contributed by atoms with Crippen molar-refractivity contribution in [2.45, 2.75) is 25.9 Å². The van der Waals surface area contributed by atoms with Gasteiger partial charge in [0.15, 0.2) is 0 Å². The number of nitrogens with one attached hydrogen (secondary N) is 1. The van der Waals surface area contributed by atoms with Crippen molar-refractivity contribution in [2.75, 3.05) is 11.4 Å². The molecule has 0 bridgehead atoms. The lowest BCUT2D eigenvalue weighted by atomic mass is 10.00. The number of carbonyl (C=O) groups excluding carboxylic acids is 1. The lowest BCUT2D eigenvalue weighted by molar-refractivity contribution is 0.0985. The molecule has 2 aliphatic rings. The number of aryl methyl sites for hydroxylation is 1. The van der Waals surface area contributed by atoms with Crippen LogP contribution in [0.25, 0.3) is 0 Å². The number of rotatable bonds is 1. The average molecular weight is 278 g/mol. The van der Waals surface area contributed by atoms with E-state index in [2.05, 4.69) is 29.6 Å². The average Bonchev–Trinajstić information content (AvgIpc) is 3.01. The second kappa shape index (κ2) is 5.01. The van der Waals surface area contributed by atoms with Crippen LogP contribution in [0.2, 0.25) is 0 Å². The Morgan fingerprint density at radius 1 is 1.00 bits per heavy atom. The summed E-state index contributed by atoms with van der Waals surface area (Å²) in [7, 11) is 0. The van der Waals surface area contributed by atoms with Gasteiger partial charge in [-0.3, -0.25) is 4.79 Å². The van der Waals surface area contributed by atoms with E-state index in [0.29, 0.717) is 0 Å². The number of para-hydroxylation sites is 1. The SMILES string of the molecule is O=C(c1ccc2c(c1)CNC2)N1CCCc2ccccc21. The maximum atomic E-state index is 12.9. The van der Waals surface area contributed by atoms with Crippen molar-refractivity contribution in [1.29, 1.82) is 0 Å². The maximum Gasteiger partial charge on any atom is 0.258 e. The van der Waals surface area contributed by atoms with Gasteiger partial charge in [0.25, 0.3) is 5.91 Å². The first-order valence-corrected chi connectivity index (χ1v) is 7.55. The summed E-state index contributed by atoms with van der Waals surface area (Å²) in [6, 6.07) is 14.3. The number of carbonyl (C=O) groups is 1. The summed E-state index contributed by atoms with van der Waals surface area (Å²) in [6.07, 6.45) is 2.10. The minimum absolute atomic E-state index is 0.122. The van der Waals surface area contributed by atoms with Gasteiger partial charge in [-0.25, -0.2) is 0 Å². The third-order valence-corrected chi connectivity index (χ3v) is 4.44. The lowest BCUT2D eigenvalue weighted by Crippen LogP contribution is -2.35. The molecule has 4 rings (SSSR count). The Morgan fingerprint density at radius 3 is 2.81 bits per heavy atom. The molecule has 0 radical (unpaired) electrons. The first kappa shape index (κ1) is 12.6. The Hall–Kier alpha value is -2.13. The van der Waals surface area contributed by atoms with Crippen molar-refractivity contribution in [3.63, 3.8) is 0 Å². The Balaban J connectivity index is 1.70. The van der Waals surface area contributed by atoms with E-state index in [4.69, 9.17) is 0 Å². The van der Waals surface area contributed by atoms with Crippen molar-refractivity contribution < 1.29 is 4.79 Å². The molecule has 2 heterocycles. The fourth-order valence-corrected chi connectivity index (χ4v) is 3.33. The molecule has 3 nitrogen and oxygen atoms in total. The molecular weight excluding hydrogens is 260 g/mol. The van der Waals surface area contributed by atoms with Gasteiger partial charge in [-0.2, -0.15) is 0 Å². The highest BCUT2D eigenvalue weighted by Gasteiger charge is 2.24. The summed E-state index contributed by atoms with van der Waals surface area (Å²) in [5, 5.41) is 3.32. The van der Waals surface area contributed by atoms with Crippen molar-refractivity contribution in [1.82, 2.24) is 5.32 Å². The van der Waals surface area contributed by atoms with Crippen LogP contribution < -0.4 is 10.2 Å². The molecule has 0 saturated carbocycles. The third-order valence-electron chi connectivity index (χ3n) is 4.44.